The summed E-state index contributed by atoms with van der Waals surface area (Å²) in [6.07, 6.45) is 0. The Balaban J connectivity index is 2.80. The monoisotopic (exact) mass is 321 g/mol. The Morgan fingerprint density at radius 3 is 2.79 bits per heavy atom. The third kappa shape index (κ3) is 3.08. The standard InChI is InChI=1S/C9H9Br2NO2/c1-2-14-12-9(13)7-4-3-6(10)5-8(7)11/h3-5H,2H2,1H3,(H,12,13). The minimum absolute atomic E-state index is 0.258. The number of carbonyl (C=O) groups excluding carboxylic acids is 1. The zero-order chi connectivity index (χ0) is 10.6. The maximum absolute atomic E-state index is 11.5. The SMILES string of the molecule is CCONC(=O)c1ccc(Br)cc1Br. The van der Waals surface area contributed by atoms with Crippen molar-refractivity contribution in [3.8, 4) is 0 Å². The van der Waals surface area contributed by atoms with Gasteiger partial charge in [0.1, 0.15) is 0 Å². The Morgan fingerprint density at radius 1 is 1.50 bits per heavy atom. The van der Waals surface area contributed by atoms with Crippen molar-refractivity contribution in [2.24, 2.45) is 0 Å². The quantitative estimate of drug-likeness (QED) is 0.869. The maximum Gasteiger partial charge on any atom is 0.275 e. The maximum atomic E-state index is 11.5. The lowest BCUT2D eigenvalue weighted by atomic mass is 10.2. The predicted octanol–water partition coefficient (Wildman–Crippen LogP) is 2.89. The second-order valence-corrected chi connectivity index (χ2v) is 4.26. The topological polar surface area (TPSA) is 38.3 Å². The molecule has 0 unspecified atom stereocenters. The summed E-state index contributed by atoms with van der Waals surface area (Å²) in [5, 5.41) is 0. The van der Waals surface area contributed by atoms with Crippen LogP contribution in [0.4, 0.5) is 0 Å². The molecule has 5 heteroatoms. The molecule has 0 saturated carbocycles. The smallest absolute Gasteiger partial charge is 0.274 e. The van der Waals surface area contributed by atoms with Gasteiger partial charge in [0.05, 0.1) is 12.2 Å². The molecule has 0 fully saturated rings. The van der Waals surface area contributed by atoms with Crippen molar-refractivity contribution in [1.82, 2.24) is 5.48 Å². The first kappa shape index (κ1) is 11.7. The molecule has 0 heterocycles. The van der Waals surface area contributed by atoms with Crippen molar-refractivity contribution in [2.75, 3.05) is 6.61 Å². The summed E-state index contributed by atoms with van der Waals surface area (Å²) in [4.78, 5) is 16.3. The van der Waals surface area contributed by atoms with Gasteiger partial charge in [-0.05, 0) is 41.1 Å². The number of hydroxylamine groups is 1. The first-order valence-corrected chi connectivity index (χ1v) is 5.61. The van der Waals surface area contributed by atoms with Crippen LogP contribution in [0, 0.1) is 0 Å². The molecule has 1 N–H and O–H groups in total. The summed E-state index contributed by atoms with van der Waals surface area (Å²) in [6, 6.07) is 5.31. The normalized spacial score (nSPS) is 9.93. The highest BCUT2D eigenvalue weighted by atomic mass is 79.9. The van der Waals surface area contributed by atoms with Gasteiger partial charge in [-0.3, -0.25) is 9.63 Å². The molecule has 1 amide bonds. The zero-order valence-electron chi connectivity index (χ0n) is 7.51. The van der Waals surface area contributed by atoms with Crippen molar-refractivity contribution in [3.05, 3.63) is 32.7 Å². The van der Waals surface area contributed by atoms with Crippen molar-refractivity contribution < 1.29 is 9.63 Å². The van der Waals surface area contributed by atoms with Gasteiger partial charge >= 0.3 is 0 Å². The Bertz CT molecular complexity index is 342. The number of hydrogen-bond donors (Lipinski definition) is 1. The van der Waals surface area contributed by atoms with Gasteiger partial charge in [0, 0.05) is 8.95 Å². The van der Waals surface area contributed by atoms with Crippen LogP contribution in [0.5, 0.6) is 0 Å². The van der Waals surface area contributed by atoms with Crippen LogP contribution >= 0.6 is 31.9 Å². The van der Waals surface area contributed by atoms with E-state index in [4.69, 9.17) is 4.84 Å². The predicted molar refractivity (Wildman–Crippen MR) is 60.9 cm³/mol. The van der Waals surface area contributed by atoms with Gasteiger partial charge in [-0.25, -0.2) is 5.48 Å². The summed E-state index contributed by atoms with van der Waals surface area (Å²) >= 11 is 6.60. The number of rotatable bonds is 3. The number of benzene rings is 1. The van der Waals surface area contributed by atoms with E-state index in [-0.39, 0.29) is 5.91 Å². The van der Waals surface area contributed by atoms with Crippen molar-refractivity contribution >= 4 is 37.8 Å². The molecule has 0 aliphatic heterocycles. The molecule has 0 aromatic heterocycles. The minimum Gasteiger partial charge on any atom is -0.274 e. The molecule has 0 spiro atoms. The van der Waals surface area contributed by atoms with Crippen LogP contribution in [0.1, 0.15) is 17.3 Å². The van der Waals surface area contributed by atoms with E-state index >= 15 is 0 Å². The van der Waals surface area contributed by atoms with Crippen molar-refractivity contribution in [2.45, 2.75) is 6.92 Å². The van der Waals surface area contributed by atoms with E-state index in [1.54, 1.807) is 25.1 Å². The molecular formula is C9H9Br2NO2. The van der Waals surface area contributed by atoms with E-state index < -0.39 is 0 Å². The van der Waals surface area contributed by atoms with E-state index in [0.717, 1.165) is 8.95 Å². The van der Waals surface area contributed by atoms with Gasteiger partial charge in [0.15, 0.2) is 0 Å². The third-order valence-electron chi connectivity index (χ3n) is 1.48. The van der Waals surface area contributed by atoms with Crippen LogP contribution < -0.4 is 5.48 Å². The Labute approximate surface area is 99.0 Å². The highest BCUT2D eigenvalue weighted by Gasteiger charge is 2.09. The first-order valence-electron chi connectivity index (χ1n) is 4.02. The van der Waals surface area contributed by atoms with Crippen molar-refractivity contribution in [3.63, 3.8) is 0 Å². The lowest BCUT2D eigenvalue weighted by Gasteiger charge is -2.05. The van der Waals surface area contributed by atoms with Crippen LogP contribution in [0.2, 0.25) is 0 Å². The van der Waals surface area contributed by atoms with Gasteiger partial charge < -0.3 is 0 Å². The van der Waals surface area contributed by atoms with E-state index in [1.807, 2.05) is 0 Å². The van der Waals surface area contributed by atoms with Gasteiger partial charge in [0.2, 0.25) is 0 Å². The molecule has 0 saturated heterocycles. The second-order valence-electron chi connectivity index (χ2n) is 2.49. The Hall–Kier alpha value is -0.390. The largest absolute Gasteiger partial charge is 0.275 e. The number of nitrogens with one attached hydrogen (secondary N) is 1. The summed E-state index contributed by atoms with van der Waals surface area (Å²) in [7, 11) is 0. The van der Waals surface area contributed by atoms with Crippen LogP contribution in [-0.4, -0.2) is 12.5 Å². The molecule has 0 aliphatic carbocycles. The van der Waals surface area contributed by atoms with E-state index in [2.05, 4.69) is 37.3 Å². The molecule has 14 heavy (non-hydrogen) atoms. The minimum atomic E-state index is -0.258. The summed E-state index contributed by atoms with van der Waals surface area (Å²) in [5.74, 6) is -0.258. The fraction of sp³-hybridized carbons (Fsp3) is 0.222. The molecule has 76 valence electrons. The molecule has 1 aromatic rings. The third-order valence-corrected chi connectivity index (χ3v) is 2.63. The molecular weight excluding hydrogens is 314 g/mol. The summed E-state index contributed by atoms with van der Waals surface area (Å²) in [5.41, 5.74) is 2.87. The number of amides is 1. The van der Waals surface area contributed by atoms with E-state index in [1.165, 1.54) is 0 Å². The first-order chi connectivity index (χ1) is 6.65. The Morgan fingerprint density at radius 2 is 2.21 bits per heavy atom. The van der Waals surface area contributed by atoms with Gasteiger partial charge in [0.25, 0.3) is 5.91 Å². The average Bonchev–Trinajstić information content (AvgIpc) is 2.14. The van der Waals surface area contributed by atoms with E-state index in [0.29, 0.717) is 12.2 Å². The van der Waals surface area contributed by atoms with Crippen LogP contribution in [0.3, 0.4) is 0 Å². The fourth-order valence-corrected chi connectivity index (χ4v) is 2.09. The number of halogens is 2. The molecule has 0 aliphatic rings. The fourth-order valence-electron chi connectivity index (χ4n) is 0.866. The lowest BCUT2D eigenvalue weighted by molar-refractivity contribution is 0.0364. The molecule has 1 rings (SSSR count). The molecule has 1 aromatic carbocycles. The molecule has 0 bridgehead atoms. The van der Waals surface area contributed by atoms with Crippen LogP contribution in [0.25, 0.3) is 0 Å². The van der Waals surface area contributed by atoms with Crippen LogP contribution in [-0.2, 0) is 4.84 Å². The molecule has 0 radical (unpaired) electrons. The van der Waals surface area contributed by atoms with Gasteiger partial charge in [-0.1, -0.05) is 15.9 Å². The lowest BCUT2D eigenvalue weighted by Crippen LogP contribution is -2.23. The highest BCUT2D eigenvalue weighted by Crippen LogP contribution is 2.21. The van der Waals surface area contributed by atoms with Gasteiger partial charge in [-0.15, -0.1) is 0 Å². The molecule has 0 atom stereocenters. The van der Waals surface area contributed by atoms with Crippen LogP contribution in [0.15, 0.2) is 27.1 Å². The second kappa shape index (κ2) is 5.48. The highest BCUT2D eigenvalue weighted by molar-refractivity contribution is 9.11. The van der Waals surface area contributed by atoms with Crippen molar-refractivity contribution in [1.29, 1.82) is 0 Å². The summed E-state index contributed by atoms with van der Waals surface area (Å²) in [6.45, 7) is 2.25. The van der Waals surface area contributed by atoms with E-state index in [9.17, 15) is 4.79 Å². The zero-order valence-corrected chi connectivity index (χ0v) is 10.7. The number of carbonyl (C=O) groups is 1. The number of hydrogen-bond acceptors (Lipinski definition) is 2. The molecule has 3 nitrogen and oxygen atoms in total. The average molecular weight is 323 g/mol. The van der Waals surface area contributed by atoms with Gasteiger partial charge in [-0.2, -0.15) is 0 Å². The summed E-state index contributed by atoms with van der Waals surface area (Å²) < 4.78 is 1.64. The Kier molecular flexibility index (Phi) is 4.57.